The van der Waals surface area contributed by atoms with E-state index < -0.39 is 24.5 Å². The number of nitrogens with zero attached hydrogens (tertiary/aromatic N) is 1. The van der Waals surface area contributed by atoms with Crippen LogP contribution >= 0.6 is 12.8 Å². The molecule has 1 rings (SSSR count). The van der Waals surface area contributed by atoms with Gasteiger partial charge < -0.3 is 4.74 Å². The first-order valence-corrected chi connectivity index (χ1v) is 7.13. The molecule has 0 spiro atoms. The van der Waals surface area contributed by atoms with Gasteiger partial charge in [0.15, 0.2) is 5.71 Å². The molecule has 0 saturated heterocycles. The van der Waals surface area contributed by atoms with E-state index in [1.807, 2.05) is 0 Å². The molecule has 0 heterocycles. The summed E-state index contributed by atoms with van der Waals surface area (Å²) < 4.78 is 81.8. The van der Waals surface area contributed by atoms with Crippen molar-refractivity contribution in [1.82, 2.24) is 0 Å². The van der Waals surface area contributed by atoms with Crippen molar-refractivity contribution in [1.29, 1.82) is 0 Å². The fraction of sp³-hybridized carbons (Fsp3) is 0.500. The van der Waals surface area contributed by atoms with Crippen molar-refractivity contribution < 1.29 is 31.1 Å². The molecule has 0 amide bonds. The topological polar surface area (TPSA) is 21.6 Å². The second kappa shape index (κ2) is 8.47. The van der Waals surface area contributed by atoms with Crippen LogP contribution in [0.25, 0.3) is 0 Å². The first-order chi connectivity index (χ1) is 10.6. The number of hydrogen-bond donors (Lipinski definition) is 1. The largest absolute Gasteiger partial charge is 0.494 e. The first-order valence-electron chi connectivity index (χ1n) is 6.73. The van der Waals surface area contributed by atoms with E-state index in [2.05, 4.69) is 17.2 Å². The van der Waals surface area contributed by atoms with Gasteiger partial charge in [0.2, 0.25) is 0 Å². The van der Waals surface area contributed by atoms with E-state index in [-0.39, 0.29) is 18.6 Å². The van der Waals surface area contributed by atoms with Crippen molar-refractivity contribution in [2.45, 2.75) is 38.0 Å². The molecule has 0 saturated carbocycles. The third kappa shape index (κ3) is 7.62. The van der Waals surface area contributed by atoms with Crippen LogP contribution in [0.1, 0.15) is 31.2 Å². The van der Waals surface area contributed by atoms with Gasteiger partial charge >= 0.3 is 12.4 Å². The van der Waals surface area contributed by atoms with Gasteiger partial charge in [0.1, 0.15) is 5.75 Å². The van der Waals surface area contributed by atoms with Gasteiger partial charge in [-0.25, -0.2) is 4.40 Å². The second-order valence-corrected chi connectivity index (χ2v) is 4.95. The minimum absolute atomic E-state index is 0.0269. The predicted molar refractivity (Wildman–Crippen MR) is 78.0 cm³/mol. The second-order valence-electron chi connectivity index (χ2n) is 4.75. The van der Waals surface area contributed by atoms with Gasteiger partial charge in [0.05, 0.1) is 6.61 Å². The minimum Gasteiger partial charge on any atom is -0.494 e. The zero-order chi connectivity index (χ0) is 17.5. The summed E-state index contributed by atoms with van der Waals surface area (Å²) in [6.45, 7) is 0.198. The Labute approximate surface area is 135 Å². The smallest absolute Gasteiger partial charge is 0.434 e. The Morgan fingerprint density at radius 3 is 2.04 bits per heavy atom. The molecule has 0 unspecified atom stereocenters. The van der Waals surface area contributed by atoms with E-state index in [9.17, 15) is 26.3 Å². The highest BCUT2D eigenvalue weighted by molar-refractivity contribution is 7.79. The van der Waals surface area contributed by atoms with Gasteiger partial charge in [-0.2, -0.15) is 26.3 Å². The fourth-order valence-electron chi connectivity index (χ4n) is 1.78. The Kier molecular flexibility index (Phi) is 7.24. The summed E-state index contributed by atoms with van der Waals surface area (Å²) in [5.74, 6) is 0.338. The summed E-state index contributed by atoms with van der Waals surface area (Å²) in [7, 11) is 0. The third-order valence-corrected chi connectivity index (χ3v) is 3.07. The Hall–Kier alpha value is -1.38. The lowest BCUT2D eigenvalue weighted by atomic mass is 10.1. The first kappa shape index (κ1) is 19.7. The molecule has 0 bridgehead atoms. The monoisotopic (exact) mass is 359 g/mol. The molecule has 1 aromatic carbocycles. The van der Waals surface area contributed by atoms with E-state index in [1.165, 1.54) is 24.3 Å². The molecule has 0 radical (unpaired) electrons. The van der Waals surface area contributed by atoms with Gasteiger partial charge in [0.25, 0.3) is 0 Å². The Bertz CT molecular complexity index is 509. The molecular weight excluding hydrogens is 344 g/mol. The molecule has 0 N–H and O–H groups in total. The molecular formula is C14H15F6NOS. The van der Waals surface area contributed by atoms with E-state index >= 15 is 0 Å². The highest BCUT2D eigenvalue weighted by Gasteiger charge is 2.36. The van der Waals surface area contributed by atoms with Crippen LogP contribution in [-0.4, -0.2) is 24.7 Å². The molecule has 23 heavy (non-hydrogen) atoms. The van der Waals surface area contributed by atoms with Crippen LogP contribution in [0.2, 0.25) is 0 Å². The van der Waals surface area contributed by atoms with Crippen LogP contribution in [0.4, 0.5) is 26.3 Å². The molecule has 0 fully saturated rings. The average molecular weight is 359 g/mol. The summed E-state index contributed by atoms with van der Waals surface area (Å²) in [6.07, 6.45) is -8.76. The standard InChI is InChI=1S/C14H15F6NOS/c15-13(16,17)8-2-1-3-9-22-11-6-4-10(5-7-11)12(21-23)14(18,19)20/h4-7,23H,1-3,8-9H2/b21-12+. The average Bonchev–Trinajstić information content (AvgIpc) is 2.42. The van der Waals surface area contributed by atoms with Gasteiger partial charge in [-0.05, 0) is 56.3 Å². The fourth-order valence-corrected chi connectivity index (χ4v) is 2.01. The van der Waals surface area contributed by atoms with Crippen LogP contribution in [0, 0.1) is 0 Å². The van der Waals surface area contributed by atoms with Crippen LogP contribution in [0.3, 0.4) is 0 Å². The van der Waals surface area contributed by atoms with Crippen LogP contribution < -0.4 is 4.74 Å². The number of hydrogen-bond acceptors (Lipinski definition) is 3. The van der Waals surface area contributed by atoms with Gasteiger partial charge in [-0.1, -0.05) is 0 Å². The lowest BCUT2D eigenvalue weighted by molar-refractivity contribution is -0.135. The molecule has 2 nitrogen and oxygen atoms in total. The van der Waals surface area contributed by atoms with Gasteiger partial charge in [-0.3, -0.25) is 0 Å². The third-order valence-electron chi connectivity index (χ3n) is 2.87. The van der Waals surface area contributed by atoms with Crippen LogP contribution in [0.15, 0.2) is 28.7 Å². The van der Waals surface area contributed by atoms with E-state index in [0.29, 0.717) is 18.6 Å². The lowest BCUT2D eigenvalue weighted by Crippen LogP contribution is -2.23. The Morgan fingerprint density at radius 1 is 0.957 bits per heavy atom. The van der Waals surface area contributed by atoms with E-state index in [1.54, 1.807) is 0 Å². The normalized spacial score (nSPS) is 13.3. The predicted octanol–water partition coefficient (Wildman–Crippen LogP) is 5.38. The molecule has 0 aromatic heterocycles. The zero-order valence-electron chi connectivity index (χ0n) is 11.9. The molecule has 1 aromatic rings. The SMILES string of the molecule is FC(F)(F)CCCCCOc1ccc(/C(=N\S)C(F)(F)F)cc1. The zero-order valence-corrected chi connectivity index (χ0v) is 12.8. The minimum atomic E-state index is -4.61. The van der Waals surface area contributed by atoms with Gasteiger partial charge in [0, 0.05) is 12.0 Å². The maximum Gasteiger partial charge on any atom is 0.434 e. The highest BCUT2D eigenvalue weighted by Crippen LogP contribution is 2.25. The highest BCUT2D eigenvalue weighted by atomic mass is 32.1. The number of alkyl halides is 6. The summed E-state index contributed by atoms with van der Waals surface area (Å²) in [4.78, 5) is 0. The van der Waals surface area contributed by atoms with E-state index in [4.69, 9.17) is 4.74 Å². The lowest BCUT2D eigenvalue weighted by Gasteiger charge is -2.11. The number of rotatable bonds is 7. The number of unbranched alkanes of at least 4 members (excludes halogenated alkanes) is 2. The van der Waals surface area contributed by atoms with Crippen LogP contribution in [-0.2, 0) is 0 Å². The molecule has 0 aliphatic rings. The maximum absolute atomic E-state index is 12.6. The number of ether oxygens (including phenoxy) is 1. The van der Waals surface area contributed by atoms with Crippen molar-refractivity contribution in [3.63, 3.8) is 0 Å². The van der Waals surface area contributed by atoms with Crippen molar-refractivity contribution in [2.75, 3.05) is 6.61 Å². The molecule has 9 heteroatoms. The number of halogens is 6. The molecule has 0 aliphatic heterocycles. The summed E-state index contributed by atoms with van der Waals surface area (Å²) in [6, 6.07) is 5.08. The molecule has 130 valence electrons. The maximum atomic E-state index is 12.6. The Morgan fingerprint density at radius 2 is 1.57 bits per heavy atom. The number of thiol groups is 1. The van der Waals surface area contributed by atoms with Crippen molar-refractivity contribution in [3.8, 4) is 5.75 Å². The molecule has 0 atom stereocenters. The van der Waals surface area contributed by atoms with Crippen molar-refractivity contribution >= 4 is 18.5 Å². The Balaban J connectivity index is 2.41. The quantitative estimate of drug-likeness (QED) is 0.300. The summed E-state index contributed by atoms with van der Waals surface area (Å²) in [5, 5.41) is 0. The number of benzene rings is 1. The van der Waals surface area contributed by atoms with Crippen molar-refractivity contribution in [2.24, 2.45) is 4.40 Å². The summed E-state index contributed by atoms with van der Waals surface area (Å²) >= 11 is 3.31. The summed E-state index contributed by atoms with van der Waals surface area (Å²) in [5.41, 5.74) is -1.26. The van der Waals surface area contributed by atoms with Gasteiger partial charge in [-0.15, -0.1) is 0 Å². The van der Waals surface area contributed by atoms with E-state index in [0.717, 1.165) is 0 Å². The molecule has 0 aliphatic carbocycles. The van der Waals surface area contributed by atoms with Crippen molar-refractivity contribution in [3.05, 3.63) is 29.8 Å². The van der Waals surface area contributed by atoms with Crippen LogP contribution in [0.5, 0.6) is 5.75 Å².